The number of fused-ring (bicyclic) bond motifs is 2. The Kier molecular flexibility index (Phi) is 22.6. The molecule has 0 aromatic carbocycles. The summed E-state index contributed by atoms with van der Waals surface area (Å²) in [5, 5.41) is 27.3. The molecule has 0 aromatic rings. The molecule has 7 aliphatic rings. The Morgan fingerprint density at radius 3 is 2.32 bits per heavy atom. The summed E-state index contributed by atoms with van der Waals surface area (Å²) in [6.45, 7) is 17.3. The van der Waals surface area contributed by atoms with Crippen LogP contribution < -0.4 is 0 Å². The zero-order valence-corrected chi connectivity index (χ0v) is 46.9. The molecule has 21 nitrogen and oxygen atoms in total. The highest BCUT2D eigenvalue weighted by molar-refractivity contribution is 5.78. The van der Waals surface area contributed by atoms with E-state index in [4.69, 9.17) is 71.8 Å². The molecule has 0 radical (unpaired) electrons. The number of carbonyl (C=O) groups excluding carboxylic acids is 2. The van der Waals surface area contributed by atoms with Crippen LogP contribution in [0.5, 0.6) is 0 Å². The van der Waals surface area contributed by atoms with E-state index in [9.17, 15) is 19.8 Å². The zero-order valence-electron chi connectivity index (χ0n) is 46.9. The smallest absolute Gasteiger partial charge is 0.332 e. The van der Waals surface area contributed by atoms with Gasteiger partial charge in [-0.2, -0.15) is 0 Å². The lowest BCUT2D eigenvalue weighted by Crippen LogP contribution is -2.58. The first-order valence-electron chi connectivity index (χ1n) is 27.9. The fourth-order valence-electron chi connectivity index (χ4n) is 12.1. The summed E-state index contributed by atoms with van der Waals surface area (Å²) < 4.78 is 87.0. The van der Waals surface area contributed by atoms with Crippen molar-refractivity contribution >= 4 is 11.9 Å². The van der Waals surface area contributed by atoms with E-state index in [-0.39, 0.29) is 51.1 Å². The molecule has 0 aromatic heterocycles. The number of hydrogen-bond donors (Lipinski definition) is 2. The van der Waals surface area contributed by atoms with Gasteiger partial charge in [-0.3, -0.25) is 4.79 Å². The third kappa shape index (κ3) is 15.2. The highest BCUT2D eigenvalue weighted by atomic mass is 16.7. The van der Waals surface area contributed by atoms with Gasteiger partial charge in [-0.15, -0.1) is 0 Å². The maximum Gasteiger partial charge on any atom is 0.332 e. The van der Waals surface area contributed by atoms with E-state index in [1.54, 1.807) is 33.3 Å². The first-order chi connectivity index (χ1) is 36.9. The molecule has 20 atom stereocenters. The van der Waals surface area contributed by atoms with Gasteiger partial charge in [-0.05, 0) is 74.6 Å². The second kappa shape index (κ2) is 28.4. The molecule has 6 heterocycles. The Bertz CT molecular complexity index is 2120. The van der Waals surface area contributed by atoms with E-state index in [0.717, 1.165) is 18.4 Å². The molecule has 1 spiro atoms. The van der Waals surface area contributed by atoms with Gasteiger partial charge in [0, 0.05) is 63.7 Å². The van der Waals surface area contributed by atoms with Crippen LogP contribution in [0.15, 0.2) is 52.2 Å². The third-order valence-electron chi connectivity index (χ3n) is 16.6. The normalized spacial score (nSPS) is 41.8. The van der Waals surface area contributed by atoms with Crippen molar-refractivity contribution in [2.45, 2.75) is 204 Å². The summed E-state index contributed by atoms with van der Waals surface area (Å²) in [6.07, 6.45) is 5.75. The van der Waals surface area contributed by atoms with Crippen LogP contribution in [-0.2, 0) is 75.9 Å². The van der Waals surface area contributed by atoms with Gasteiger partial charge in [0.2, 0.25) is 0 Å². The first kappa shape index (κ1) is 61.3. The number of allylic oxidation sites excluding steroid dienone is 2. The number of methoxy groups -OCH3 is 2. The maximum absolute atomic E-state index is 14.5. The number of aliphatic hydroxyl groups is 2. The second-order valence-corrected chi connectivity index (χ2v) is 22.0. The molecule has 21 heteroatoms. The standard InChI is InChI=1S/C56H87N3O18/c1-11-32(2)50-35(5)17-18-55(77-50)29-41-26-40(76-55)16-15-34(4)49(33(3)13-12-14-39-30-70-53-48(61)36(6)25-42(54(62)73-41)56(39,53)63)74-46-28-44(65-10)52(38(8)72-46)75-47-27-43(64-9)51(37(7)71-47)69-31-45(60)68-24-23-67-22-21-66-20-19-58-59-57/h12-15,25,32-33,35,37-38,40-44,46-53,61,63H,11,16-24,26-31H2,1-10H3/b13-12+,34-15+,39-14+/t32-,33-,35-,37-,38-,40+,41-,42-,43-,44-,46-,47-,48+,49-,50+,51-,52-,53+,55+,56+/m0/s1. The molecule has 2 N–H and O–H groups in total. The number of carbonyl (C=O) groups is 2. The average Bonchev–Trinajstić information content (AvgIpc) is 3.75. The van der Waals surface area contributed by atoms with Crippen LogP contribution in [0.3, 0.4) is 0 Å². The molecule has 5 fully saturated rings. The molecule has 2 bridgehead atoms. The largest absolute Gasteiger partial charge is 0.462 e. The van der Waals surface area contributed by atoms with Gasteiger partial charge in [-0.1, -0.05) is 69.6 Å². The first-order valence-corrected chi connectivity index (χ1v) is 27.9. The summed E-state index contributed by atoms with van der Waals surface area (Å²) in [4.78, 5) is 29.7. The fraction of sp³-hybridized carbons (Fsp3) is 0.821. The Balaban J connectivity index is 1.02. The molecule has 434 valence electrons. The number of aliphatic hydroxyl groups excluding tert-OH is 1. The van der Waals surface area contributed by atoms with Crippen molar-refractivity contribution in [1.82, 2.24) is 0 Å². The Labute approximate surface area is 454 Å². The number of nitrogens with zero attached hydrogens (tertiary/aromatic N) is 3. The van der Waals surface area contributed by atoms with E-state index >= 15 is 0 Å². The van der Waals surface area contributed by atoms with Crippen molar-refractivity contribution in [3.8, 4) is 0 Å². The quantitative estimate of drug-likeness (QED) is 0.0329. The molecule has 7 rings (SSSR count). The summed E-state index contributed by atoms with van der Waals surface area (Å²) >= 11 is 0. The van der Waals surface area contributed by atoms with Gasteiger partial charge in [0.1, 0.15) is 55.3 Å². The summed E-state index contributed by atoms with van der Waals surface area (Å²) in [7, 11) is 3.21. The van der Waals surface area contributed by atoms with Gasteiger partial charge >= 0.3 is 11.9 Å². The molecular formula is C56H87N3O18. The minimum absolute atomic E-state index is 0.0173. The van der Waals surface area contributed by atoms with Crippen molar-refractivity contribution in [3.63, 3.8) is 0 Å². The molecule has 5 saturated heterocycles. The molecule has 1 aliphatic carbocycles. The number of ether oxygens (including phenoxy) is 14. The average molecular weight is 1090 g/mol. The van der Waals surface area contributed by atoms with Crippen molar-refractivity contribution in [2.75, 3.05) is 67.0 Å². The van der Waals surface area contributed by atoms with E-state index in [1.165, 1.54) is 0 Å². The van der Waals surface area contributed by atoms with Gasteiger partial charge in [-0.25, -0.2) is 4.79 Å². The predicted octanol–water partition coefficient (Wildman–Crippen LogP) is 6.51. The van der Waals surface area contributed by atoms with Crippen LogP contribution in [0.25, 0.3) is 10.4 Å². The minimum Gasteiger partial charge on any atom is -0.462 e. The molecular weight excluding hydrogens is 1000 g/mol. The third-order valence-corrected chi connectivity index (χ3v) is 16.6. The summed E-state index contributed by atoms with van der Waals surface area (Å²) in [5.74, 6) is -2.81. The molecule has 77 heavy (non-hydrogen) atoms. The number of rotatable bonds is 20. The van der Waals surface area contributed by atoms with Gasteiger partial charge < -0.3 is 76.5 Å². The zero-order chi connectivity index (χ0) is 55.4. The lowest BCUT2D eigenvalue weighted by Gasteiger charge is -2.51. The van der Waals surface area contributed by atoms with Gasteiger partial charge in [0.25, 0.3) is 0 Å². The topological polar surface area (TPSA) is 253 Å². The number of hydrogen-bond acceptors (Lipinski definition) is 19. The fourth-order valence-corrected chi connectivity index (χ4v) is 12.1. The lowest BCUT2D eigenvalue weighted by molar-refractivity contribution is -0.340. The highest BCUT2D eigenvalue weighted by Crippen LogP contribution is 2.48. The monoisotopic (exact) mass is 1090 g/mol. The molecule has 0 amide bonds. The van der Waals surface area contributed by atoms with Crippen molar-refractivity contribution in [1.29, 1.82) is 0 Å². The van der Waals surface area contributed by atoms with Crippen LogP contribution in [0.2, 0.25) is 0 Å². The van der Waals surface area contributed by atoms with E-state index in [0.29, 0.717) is 81.3 Å². The summed E-state index contributed by atoms with van der Waals surface area (Å²) in [5.41, 5.74) is 8.41. The second-order valence-electron chi connectivity index (χ2n) is 22.0. The van der Waals surface area contributed by atoms with Crippen LogP contribution in [0.4, 0.5) is 0 Å². The highest BCUT2D eigenvalue weighted by Gasteiger charge is 2.60. The van der Waals surface area contributed by atoms with Crippen LogP contribution in [-0.4, -0.2) is 186 Å². The molecule has 6 aliphatic heterocycles. The van der Waals surface area contributed by atoms with E-state index in [1.807, 2.05) is 32.9 Å². The maximum atomic E-state index is 14.5. The van der Waals surface area contributed by atoms with Gasteiger partial charge in [0.15, 0.2) is 18.4 Å². The Morgan fingerprint density at radius 1 is 0.922 bits per heavy atom. The van der Waals surface area contributed by atoms with Crippen LogP contribution >= 0.6 is 0 Å². The van der Waals surface area contributed by atoms with Crippen molar-refractivity contribution < 1.29 is 86.1 Å². The molecule has 0 saturated carbocycles. The SMILES string of the molecule is CC[C@H](C)[C@H]1O[C@]2(CC[C@@H]1C)C[C@@H]1C[C@@H](C/C=C(\C)[C@@H](O[C@H]3C[C@H](OC)[C@@H](O[C@H]4C[C@H](OC)[C@@H](OCC(=O)OCCOCCOCCN=[N+]=[N-])[C@H](C)O4)[C@H](C)O3)[C@@H](C)/C=C/C=C3\CO[C@@H]4[C@H](O)C(C)=C[C@@H](C(=O)O1)[C@]34O)O2. The minimum atomic E-state index is -1.85. The van der Waals surface area contributed by atoms with Gasteiger partial charge in [0.05, 0.1) is 75.8 Å². The van der Waals surface area contributed by atoms with E-state index < -0.39 is 103 Å². The number of azide groups is 1. The van der Waals surface area contributed by atoms with Crippen molar-refractivity contribution in [2.24, 2.45) is 28.8 Å². The lowest BCUT2D eigenvalue weighted by atomic mass is 9.71. The predicted molar refractivity (Wildman–Crippen MR) is 278 cm³/mol. The summed E-state index contributed by atoms with van der Waals surface area (Å²) in [6, 6.07) is 0. The molecule has 0 unspecified atom stereocenters. The Morgan fingerprint density at radius 2 is 1.61 bits per heavy atom. The Hall–Kier alpha value is -3.35. The van der Waals surface area contributed by atoms with Crippen molar-refractivity contribution in [3.05, 3.63) is 57.5 Å². The van der Waals surface area contributed by atoms with Crippen LogP contribution in [0.1, 0.15) is 107 Å². The van der Waals surface area contributed by atoms with E-state index in [2.05, 4.69) is 43.8 Å². The number of esters is 2. The van der Waals surface area contributed by atoms with Crippen LogP contribution in [0, 0.1) is 23.7 Å².